The highest BCUT2D eigenvalue weighted by Gasteiger charge is 2.17. The van der Waals surface area contributed by atoms with Crippen LogP contribution in [-0.4, -0.2) is 31.2 Å². The van der Waals surface area contributed by atoms with Gasteiger partial charge in [0.05, 0.1) is 12.1 Å². The maximum atomic E-state index is 11.5. The number of carbonyl (C=O) groups is 1. The highest BCUT2D eigenvalue weighted by atomic mass is 32.1. The van der Waals surface area contributed by atoms with Gasteiger partial charge in [-0.15, -0.1) is 0 Å². The standard InChI is InChI=1S/C24H27N3O2S/c1-2-3-4-7-20(14-15-30)23-25-17-26-27(23)16-18-10-12-19(13-11-18)21-8-5-6-9-22(21)24(28)29/h5-6,8-13,15,17,20H,2-4,7,14,16H2,1H3,(H,28,29). The zero-order valence-electron chi connectivity index (χ0n) is 17.2. The number of thiocarbonyl (C=S) groups is 1. The molecule has 0 aliphatic rings. The molecule has 1 unspecified atom stereocenters. The van der Waals surface area contributed by atoms with Crippen LogP contribution < -0.4 is 0 Å². The molecule has 0 aliphatic heterocycles. The molecule has 0 aliphatic carbocycles. The summed E-state index contributed by atoms with van der Waals surface area (Å²) in [6.45, 7) is 2.83. The second-order valence-corrected chi connectivity index (χ2v) is 7.75. The van der Waals surface area contributed by atoms with Crippen molar-refractivity contribution in [3.8, 4) is 11.1 Å². The van der Waals surface area contributed by atoms with E-state index in [-0.39, 0.29) is 0 Å². The maximum Gasteiger partial charge on any atom is 0.336 e. The number of rotatable bonds is 11. The molecule has 3 aromatic rings. The Kier molecular flexibility index (Phi) is 7.85. The monoisotopic (exact) mass is 421 g/mol. The first-order valence-corrected chi connectivity index (χ1v) is 10.8. The summed E-state index contributed by atoms with van der Waals surface area (Å²) in [7, 11) is 0. The van der Waals surface area contributed by atoms with E-state index < -0.39 is 5.97 Å². The van der Waals surface area contributed by atoms with Gasteiger partial charge in [0.15, 0.2) is 0 Å². The normalized spacial score (nSPS) is 11.9. The fourth-order valence-corrected chi connectivity index (χ4v) is 3.94. The number of hydrogen-bond donors (Lipinski definition) is 1. The number of carboxylic acids is 1. The van der Waals surface area contributed by atoms with E-state index in [0.29, 0.717) is 18.0 Å². The van der Waals surface area contributed by atoms with Crippen LogP contribution in [0.5, 0.6) is 0 Å². The molecule has 0 amide bonds. The molecule has 1 aromatic heterocycles. The van der Waals surface area contributed by atoms with Gasteiger partial charge >= 0.3 is 5.97 Å². The summed E-state index contributed by atoms with van der Waals surface area (Å²) in [5, 5.41) is 15.7. The van der Waals surface area contributed by atoms with E-state index in [1.54, 1.807) is 23.8 Å². The van der Waals surface area contributed by atoms with Gasteiger partial charge < -0.3 is 5.11 Å². The van der Waals surface area contributed by atoms with Gasteiger partial charge in [-0.3, -0.25) is 0 Å². The van der Waals surface area contributed by atoms with Crippen molar-refractivity contribution in [2.45, 2.75) is 51.5 Å². The predicted octanol–water partition coefficient (Wildman–Crippen LogP) is 5.75. The van der Waals surface area contributed by atoms with E-state index in [1.807, 2.05) is 41.1 Å². The average molecular weight is 422 g/mol. The number of aromatic carboxylic acids is 1. The largest absolute Gasteiger partial charge is 0.478 e. The van der Waals surface area contributed by atoms with Gasteiger partial charge in [0.1, 0.15) is 12.2 Å². The second-order valence-electron chi connectivity index (χ2n) is 7.42. The van der Waals surface area contributed by atoms with Crippen LogP contribution in [-0.2, 0) is 6.54 Å². The lowest BCUT2D eigenvalue weighted by Crippen LogP contribution is -2.12. The van der Waals surface area contributed by atoms with Crippen molar-refractivity contribution in [2.24, 2.45) is 0 Å². The minimum absolute atomic E-state index is 0.290. The third kappa shape index (κ3) is 5.39. The van der Waals surface area contributed by atoms with Gasteiger partial charge in [0.25, 0.3) is 0 Å². The first kappa shape index (κ1) is 21.8. The summed E-state index contributed by atoms with van der Waals surface area (Å²) in [6, 6.07) is 15.0. The third-order valence-electron chi connectivity index (χ3n) is 5.30. The van der Waals surface area contributed by atoms with Crippen LogP contribution in [0.2, 0.25) is 0 Å². The fourth-order valence-electron chi connectivity index (χ4n) is 3.70. The first-order valence-electron chi connectivity index (χ1n) is 10.4. The fraction of sp³-hybridized carbons (Fsp3) is 0.333. The molecular formula is C24H27N3O2S. The van der Waals surface area contributed by atoms with Crippen molar-refractivity contribution in [3.63, 3.8) is 0 Å². The summed E-state index contributed by atoms with van der Waals surface area (Å²) in [6.07, 6.45) is 7.06. The molecule has 156 valence electrons. The predicted molar refractivity (Wildman–Crippen MR) is 123 cm³/mol. The van der Waals surface area contributed by atoms with Crippen LogP contribution in [0.15, 0.2) is 54.9 Å². The molecule has 1 atom stereocenters. The van der Waals surface area contributed by atoms with Crippen molar-refractivity contribution in [2.75, 3.05) is 0 Å². The molecule has 30 heavy (non-hydrogen) atoms. The molecule has 3 rings (SSSR count). The Hall–Kier alpha value is -2.86. The molecule has 5 nitrogen and oxygen atoms in total. The van der Waals surface area contributed by atoms with Crippen molar-refractivity contribution in [3.05, 3.63) is 71.8 Å². The summed E-state index contributed by atoms with van der Waals surface area (Å²) >= 11 is 5.12. The third-order valence-corrected chi connectivity index (χ3v) is 5.49. The lowest BCUT2D eigenvalue weighted by molar-refractivity contribution is 0.0697. The highest BCUT2D eigenvalue weighted by molar-refractivity contribution is 7.78. The summed E-state index contributed by atoms with van der Waals surface area (Å²) in [5.41, 5.74) is 3.00. The molecule has 0 radical (unpaired) electrons. The minimum Gasteiger partial charge on any atom is -0.478 e. The average Bonchev–Trinajstić information content (AvgIpc) is 3.22. The van der Waals surface area contributed by atoms with Crippen LogP contribution in [0.3, 0.4) is 0 Å². The zero-order chi connectivity index (χ0) is 21.3. The van der Waals surface area contributed by atoms with E-state index in [1.165, 1.54) is 12.8 Å². The molecule has 1 N–H and O–H groups in total. The molecule has 0 saturated heterocycles. The SMILES string of the molecule is CCCCCC(CC=S)c1ncnn1Cc1ccc(-c2ccccc2C(=O)O)cc1. The van der Waals surface area contributed by atoms with Crippen molar-refractivity contribution in [1.82, 2.24) is 14.8 Å². The van der Waals surface area contributed by atoms with Gasteiger partial charge in [-0.25, -0.2) is 14.5 Å². The summed E-state index contributed by atoms with van der Waals surface area (Å²) in [4.78, 5) is 16.0. The lowest BCUT2D eigenvalue weighted by atomic mass is 9.97. The number of carboxylic acid groups (broad SMARTS) is 1. The van der Waals surface area contributed by atoms with E-state index in [0.717, 1.165) is 41.8 Å². The van der Waals surface area contributed by atoms with Crippen LogP contribution in [0.1, 0.15) is 66.7 Å². The van der Waals surface area contributed by atoms with Gasteiger partial charge in [0, 0.05) is 5.92 Å². The van der Waals surface area contributed by atoms with Crippen LogP contribution >= 0.6 is 12.2 Å². The molecule has 1 heterocycles. The van der Waals surface area contributed by atoms with Crippen molar-refractivity contribution < 1.29 is 9.90 Å². The Morgan fingerprint density at radius 2 is 1.93 bits per heavy atom. The quantitative estimate of drug-likeness (QED) is 0.316. The number of benzene rings is 2. The highest BCUT2D eigenvalue weighted by Crippen LogP contribution is 2.26. The Morgan fingerprint density at radius 1 is 1.17 bits per heavy atom. The Bertz CT molecular complexity index is 982. The topological polar surface area (TPSA) is 68.0 Å². The molecule has 0 fully saturated rings. The van der Waals surface area contributed by atoms with Gasteiger partial charge in [-0.1, -0.05) is 80.9 Å². The van der Waals surface area contributed by atoms with E-state index in [4.69, 9.17) is 12.2 Å². The van der Waals surface area contributed by atoms with Crippen molar-refractivity contribution in [1.29, 1.82) is 0 Å². The van der Waals surface area contributed by atoms with Crippen LogP contribution in [0, 0.1) is 0 Å². The smallest absolute Gasteiger partial charge is 0.336 e. The van der Waals surface area contributed by atoms with Crippen LogP contribution in [0.4, 0.5) is 0 Å². The number of aromatic nitrogens is 3. The molecular weight excluding hydrogens is 394 g/mol. The lowest BCUT2D eigenvalue weighted by Gasteiger charge is -2.16. The van der Waals surface area contributed by atoms with Gasteiger partial charge in [-0.2, -0.15) is 5.10 Å². The molecule has 6 heteroatoms. The van der Waals surface area contributed by atoms with E-state index in [9.17, 15) is 9.90 Å². The van der Waals surface area contributed by atoms with Gasteiger partial charge in [-0.05, 0) is 41.0 Å². The number of hydrogen-bond acceptors (Lipinski definition) is 4. The molecule has 0 saturated carbocycles. The molecule has 0 spiro atoms. The van der Waals surface area contributed by atoms with E-state index in [2.05, 4.69) is 17.0 Å². The van der Waals surface area contributed by atoms with Crippen LogP contribution in [0.25, 0.3) is 11.1 Å². The summed E-state index contributed by atoms with van der Waals surface area (Å²) in [5.74, 6) is 0.348. The first-order chi connectivity index (χ1) is 14.6. The molecule has 2 aromatic carbocycles. The number of unbranched alkanes of at least 4 members (excludes halogenated alkanes) is 2. The molecule has 0 bridgehead atoms. The van der Waals surface area contributed by atoms with Gasteiger partial charge in [0.2, 0.25) is 0 Å². The Balaban J connectivity index is 1.78. The summed E-state index contributed by atoms with van der Waals surface area (Å²) < 4.78 is 1.95. The maximum absolute atomic E-state index is 11.5. The Morgan fingerprint density at radius 3 is 2.63 bits per heavy atom. The zero-order valence-corrected chi connectivity index (χ0v) is 18.0. The second kappa shape index (κ2) is 10.8. The minimum atomic E-state index is -0.922. The van der Waals surface area contributed by atoms with E-state index >= 15 is 0 Å². The van der Waals surface area contributed by atoms with Crippen molar-refractivity contribution >= 4 is 23.6 Å². The Labute approximate surface area is 182 Å². The number of nitrogens with zero attached hydrogens (tertiary/aromatic N) is 3.